The van der Waals surface area contributed by atoms with Crippen LogP contribution in [0.25, 0.3) is 66.8 Å². The Bertz CT molecular complexity index is 2760. The Morgan fingerprint density at radius 1 is 0.247 bits per heavy atom. The van der Waals surface area contributed by atoms with E-state index in [9.17, 15) is 4.19 Å². The van der Waals surface area contributed by atoms with Gasteiger partial charge in [-0.1, -0.05) is 0 Å². The van der Waals surface area contributed by atoms with Gasteiger partial charge in [-0.3, -0.25) is 0 Å². The zero-order valence-corrected chi connectivity index (χ0v) is 53.9. The second-order valence-corrected chi connectivity index (χ2v) is 32.0. The average Bonchev–Trinajstić information content (AvgIpc) is 3.31. The van der Waals surface area contributed by atoms with E-state index in [1.54, 1.807) is 0 Å². The molecule has 1 nitrogen and oxygen atoms in total. The van der Waals surface area contributed by atoms with Gasteiger partial charge in [-0.25, -0.2) is 0 Å². The third kappa shape index (κ3) is 13.9. The monoisotopic (exact) mass is 1090 g/mol. The van der Waals surface area contributed by atoms with E-state index in [-0.39, 0.29) is 43.3 Å². The molecule has 1 N–H and O–H groups in total. The van der Waals surface area contributed by atoms with E-state index in [4.69, 9.17) is 0 Å². The van der Waals surface area contributed by atoms with Crippen LogP contribution in [0.1, 0.15) is 216 Å². The molecule has 2 heteroatoms. The van der Waals surface area contributed by atoms with Crippen LogP contribution in [0.4, 0.5) is 0 Å². The van der Waals surface area contributed by atoms with Crippen molar-refractivity contribution in [3.8, 4) is 66.8 Å². The molecule has 0 bridgehead atoms. The molecule has 0 unspecified atom stereocenters. The molecule has 0 radical (unpaired) electrons. The van der Waals surface area contributed by atoms with Crippen LogP contribution in [-0.2, 0) is 48.6 Å². The first-order chi connectivity index (χ1) is 35.1. The Balaban J connectivity index is 1.60. The normalized spacial score (nSPS) is 13.4. The van der Waals surface area contributed by atoms with E-state index in [0.29, 0.717) is 5.32 Å². The van der Waals surface area contributed by atoms with Crippen LogP contribution in [0.5, 0.6) is 0 Å². The molecule has 0 aliphatic carbocycles. The van der Waals surface area contributed by atoms with Crippen LogP contribution < -0.4 is 0 Å². The van der Waals surface area contributed by atoms with Crippen LogP contribution in [-0.4, -0.2) is 19.5 Å². The molecule has 0 fully saturated rings. The Morgan fingerprint density at radius 3 is 0.584 bits per heavy atom. The number of hydrogen-bond acceptors (Lipinski definition) is 1. The van der Waals surface area contributed by atoms with Gasteiger partial charge in [0.15, 0.2) is 0 Å². The van der Waals surface area contributed by atoms with Gasteiger partial charge >= 0.3 is 479 Å². The van der Waals surface area contributed by atoms with E-state index >= 15 is 0 Å². The van der Waals surface area contributed by atoms with E-state index in [2.05, 4.69) is 294 Å². The molecule has 0 saturated heterocycles. The second-order valence-electron chi connectivity index (χ2n) is 30.9. The summed E-state index contributed by atoms with van der Waals surface area (Å²) in [6.45, 7) is 55.9. The molecule has 0 saturated carbocycles. The summed E-state index contributed by atoms with van der Waals surface area (Å²) in [5.41, 5.74) is 25.9. The molecule has 77 heavy (non-hydrogen) atoms. The van der Waals surface area contributed by atoms with Gasteiger partial charge in [0.1, 0.15) is 0 Å². The van der Waals surface area contributed by atoms with E-state index < -0.39 is 15.3 Å². The van der Waals surface area contributed by atoms with Crippen molar-refractivity contribution >= 4 is 15.3 Å². The summed E-state index contributed by atoms with van der Waals surface area (Å²) < 4.78 is 11.3. The minimum atomic E-state index is -0.637. The van der Waals surface area contributed by atoms with E-state index in [1.165, 1.54) is 94.6 Å². The molecule has 0 aromatic heterocycles. The summed E-state index contributed by atoms with van der Waals surface area (Å²) in [6.07, 6.45) is 0. The molecule has 0 amide bonds. The maximum absolute atomic E-state index is 11.3. The van der Waals surface area contributed by atoms with E-state index in [0.717, 1.165) is 22.3 Å². The van der Waals surface area contributed by atoms with Gasteiger partial charge in [-0.05, 0) is 0 Å². The fraction of sp³-hybridized carbons (Fsp3) is 0.440. The molecule has 0 atom stereocenters. The molecule has 0 aliphatic rings. The van der Waals surface area contributed by atoms with Gasteiger partial charge in [0, 0.05) is 0 Å². The number of benzene rings is 7. The summed E-state index contributed by atoms with van der Waals surface area (Å²) in [7, 11) is 0. The zero-order valence-electron chi connectivity index (χ0n) is 52.2. The Morgan fingerprint density at radius 2 is 0.416 bits per heavy atom. The first-order valence-electron chi connectivity index (χ1n) is 28.5. The predicted molar refractivity (Wildman–Crippen MR) is 340 cm³/mol. The van der Waals surface area contributed by atoms with Gasteiger partial charge < -0.3 is 0 Å². The van der Waals surface area contributed by atoms with Gasteiger partial charge in [-0.2, -0.15) is 0 Å². The Kier molecular flexibility index (Phi) is 16.2. The first-order valence-corrected chi connectivity index (χ1v) is 30.4. The quantitative estimate of drug-likeness (QED) is 0.150. The molecule has 7 rings (SSSR count). The van der Waals surface area contributed by atoms with Crippen molar-refractivity contribution in [3.05, 3.63) is 177 Å². The fourth-order valence-electron chi connectivity index (χ4n) is 10.2. The molecule has 408 valence electrons. The second kappa shape index (κ2) is 20.9. The van der Waals surface area contributed by atoms with Gasteiger partial charge in [0.05, 0.1) is 0 Å². The first kappa shape index (κ1) is 59.7. The maximum atomic E-state index is 11.3. The van der Waals surface area contributed by atoms with Gasteiger partial charge in [0.25, 0.3) is 0 Å². The zero-order chi connectivity index (χ0) is 57.4. The Labute approximate surface area is 475 Å². The topological polar surface area (TPSA) is 20.2 Å². The summed E-state index contributed by atoms with van der Waals surface area (Å²) in [6, 6.07) is 50.7. The van der Waals surface area contributed by atoms with Crippen molar-refractivity contribution in [1.82, 2.24) is 0 Å². The third-order valence-corrected chi connectivity index (χ3v) is 16.7. The van der Waals surface area contributed by atoms with Crippen molar-refractivity contribution in [1.29, 1.82) is 0 Å². The van der Waals surface area contributed by atoms with Crippen LogP contribution in [0.3, 0.4) is 0 Å². The van der Waals surface area contributed by atoms with Crippen molar-refractivity contribution in [2.45, 2.75) is 215 Å². The summed E-state index contributed by atoms with van der Waals surface area (Å²) in [5.74, 6) is 0. The van der Waals surface area contributed by atoms with Gasteiger partial charge in [0.2, 0.25) is 0 Å². The predicted octanol–water partition coefficient (Wildman–Crippen LogP) is 21.2. The average molecular weight is 1090 g/mol. The number of hydrogen-bond donors (Lipinski definition) is 1. The van der Waals surface area contributed by atoms with Crippen LogP contribution in [0.2, 0.25) is 0 Å². The summed E-state index contributed by atoms with van der Waals surface area (Å²) in [4.78, 5) is 0. The Hall–Kier alpha value is -4.98. The third-order valence-electron chi connectivity index (χ3n) is 15.9. The SMILES string of the molecule is CC(C)(C)c1cc(-c2cc(-c3cc(C(C)(C)C)cc(C(C)(C)C)c3)cc(-c3cccc(-c4cc(-c5cc(C(C)(C)C)cc(C(C)(C)C)c5)cc(-c5cc(C(C)(C)C)cc(C(C)(C)C)c5)c4)c3C[Se]O)c2)cc(C(C)(C)C)c1. The molecule has 7 aromatic carbocycles. The van der Waals surface area contributed by atoms with Crippen LogP contribution in [0.15, 0.2) is 127 Å². The van der Waals surface area contributed by atoms with E-state index in [1.807, 2.05) is 0 Å². The van der Waals surface area contributed by atoms with Crippen molar-refractivity contribution < 1.29 is 4.19 Å². The summed E-state index contributed by atoms with van der Waals surface area (Å²) >= 11 is -0.637. The molecule has 0 aliphatic heterocycles. The molecule has 0 heterocycles. The van der Waals surface area contributed by atoms with Crippen molar-refractivity contribution in [3.63, 3.8) is 0 Å². The molecule has 7 aromatic rings. The molecular weight excluding hydrogens is 996 g/mol. The fourth-order valence-corrected chi connectivity index (χ4v) is 11.1. The molecule has 0 spiro atoms. The molecular formula is C75H96OSe. The van der Waals surface area contributed by atoms with Crippen LogP contribution in [0, 0.1) is 0 Å². The minimum absolute atomic E-state index is 0.0397. The van der Waals surface area contributed by atoms with Crippen LogP contribution >= 0.6 is 0 Å². The number of rotatable bonds is 8. The van der Waals surface area contributed by atoms with Gasteiger partial charge in [-0.15, -0.1) is 0 Å². The van der Waals surface area contributed by atoms with Crippen molar-refractivity contribution in [2.24, 2.45) is 0 Å². The summed E-state index contributed by atoms with van der Waals surface area (Å²) in [5, 5.41) is 0.570. The van der Waals surface area contributed by atoms with Crippen molar-refractivity contribution in [2.75, 3.05) is 0 Å². The standard InChI is InChI=1S/C75H96OSe/c1-68(2,3)57-34-51(35-58(42-57)69(4,5)6)47-28-48(52-36-59(70(7,8)9)43-60(37-52)71(10,11)12)31-55(30-47)65-26-25-27-66(67(65)46-77-76)56-32-49(53-38-61(72(13,14)15)44-62(39-53)73(16,17)18)29-50(33-56)54-40-63(74(19,20)21)45-64(41-54)75(22,23)24/h25-45,76H,46H2,1-24H3.